The largest absolute Gasteiger partial charge is 0.261 e. The van der Waals surface area contributed by atoms with E-state index in [-0.39, 0.29) is 0 Å². The van der Waals surface area contributed by atoms with E-state index in [2.05, 4.69) is 24.1 Å². The standard InChI is InChI=1S/C11H13N/c1-8-4-3-5-10-6-9(2)12-7-11(8)10/h5-7H,3-4H2,1-2H3. The highest BCUT2D eigenvalue weighted by atomic mass is 14.6. The maximum absolute atomic E-state index is 4.30. The van der Waals surface area contributed by atoms with Crippen molar-refractivity contribution in [1.82, 2.24) is 4.98 Å². The van der Waals surface area contributed by atoms with Crippen molar-refractivity contribution in [3.63, 3.8) is 0 Å². The fourth-order valence-corrected chi connectivity index (χ4v) is 1.69. The van der Waals surface area contributed by atoms with Gasteiger partial charge >= 0.3 is 0 Å². The van der Waals surface area contributed by atoms with Crippen molar-refractivity contribution in [2.24, 2.45) is 0 Å². The fourth-order valence-electron chi connectivity index (χ4n) is 1.69. The Morgan fingerprint density at radius 1 is 1.33 bits per heavy atom. The van der Waals surface area contributed by atoms with Crippen LogP contribution in [0.25, 0.3) is 11.6 Å². The molecule has 0 unspecified atom stereocenters. The molecule has 0 fully saturated rings. The van der Waals surface area contributed by atoms with Crippen LogP contribution in [0.5, 0.6) is 0 Å². The third-order valence-electron chi connectivity index (χ3n) is 2.42. The van der Waals surface area contributed by atoms with Crippen LogP contribution in [0.2, 0.25) is 0 Å². The summed E-state index contributed by atoms with van der Waals surface area (Å²) in [6.07, 6.45) is 6.67. The van der Waals surface area contributed by atoms with Crippen LogP contribution in [-0.2, 0) is 0 Å². The summed E-state index contributed by atoms with van der Waals surface area (Å²) in [7, 11) is 0. The number of aromatic nitrogens is 1. The smallest absolute Gasteiger partial charge is 0.0378 e. The summed E-state index contributed by atoms with van der Waals surface area (Å²) >= 11 is 0. The molecule has 0 amide bonds. The van der Waals surface area contributed by atoms with Gasteiger partial charge in [0.1, 0.15) is 0 Å². The van der Waals surface area contributed by atoms with Gasteiger partial charge in [-0.3, -0.25) is 4.98 Å². The molecule has 0 saturated carbocycles. The molecule has 1 heteroatoms. The molecule has 1 nitrogen and oxygen atoms in total. The third-order valence-corrected chi connectivity index (χ3v) is 2.42. The highest BCUT2D eigenvalue weighted by molar-refractivity contribution is 5.48. The molecule has 1 aliphatic carbocycles. The topological polar surface area (TPSA) is 12.9 Å². The minimum absolute atomic E-state index is 1.11. The van der Waals surface area contributed by atoms with Gasteiger partial charge in [0.05, 0.1) is 0 Å². The summed E-state index contributed by atoms with van der Waals surface area (Å²) < 4.78 is 0. The highest BCUT2D eigenvalue weighted by Gasteiger charge is 1.99. The Hall–Kier alpha value is -1.11. The second-order valence-electron chi connectivity index (χ2n) is 3.44. The number of pyridine rings is 1. The summed E-state index contributed by atoms with van der Waals surface area (Å²) in [5, 5.41) is 2.71. The van der Waals surface area contributed by atoms with Crippen molar-refractivity contribution < 1.29 is 0 Å². The highest BCUT2D eigenvalue weighted by Crippen LogP contribution is 2.05. The SMILES string of the molecule is CC1=c2cnc(C)cc2=CCC1. The van der Waals surface area contributed by atoms with Crippen LogP contribution in [0, 0.1) is 6.92 Å². The van der Waals surface area contributed by atoms with Gasteiger partial charge < -0.3 is 0 Å². The monoisotopic (exact) mass is 159 g/mol. The molecule has 0 bridgehead atoms. The number of hydrogen-bond acceptors (Lipinski definition) is 1. The Balaban J connectivity index is 2.85. The first-order valence-corrected chi connectivity index (χ1v) is 4.40. The zero-order chi connectivity index (χ0) is 8.55. The van der Waals surface area contributed by atoms with Gasteiger partial charge in [0.2, 0.25) is 0 Å². The Bertz CT molecular complexity index is 415. The van der Waals surface area contributed by atoms with Crippen LogP contribution in [0.15, 0.2) is 12.3 Å². The Labute approximate surface area is 72.5 Å². The van der Waals surface area contributed by atoms with Crippen LogP contribution in [0.3, 0.4) is 0 Å². The lowest BCUT2D eigenvalue weighted by atomic mass is 10.0. The molecular formula is C11H13N. The average molecular weight is 159 g/mol. The van der Waals surface area contributed by atoms with Crippen molar-refractivity contribution in [3.05, 3.63) is 28.4 Å². The fraction of sp³-hybridized carbons (Fsp3) is 0.364. The van der Waals surface area contributed by atoms with Gasteiger partial charge in [-0.25, -0.2) is 0 Å². The second-order valence-corrected chi connectivity index (χ2v) is 3.44. The van der Waals surface area contributed by atoms with Crippen LogP contribution in [0.4, 0.5) is 0 Å². The van der Waals surface area contributed by atoms with Gasteiger partial charge in [-0.15, -0.1) is 0 Å². The van der Waals surface area contributed by atoms with Crippen LogP contribution < -0.4 is 10.4 Å². The van der Waals surface area contributed by atoms with E-state index in [1.807, 2.05) is 13.1 Å². The van der Waals surface area contributed by atoms with Gasteiger partial charge in [-0.05, 0) is 43.2 Å². The van der Waals surface area contributed by atoms with E-state index in [4.69, 9.17) is 0 Å². The Morgan fingerprint density at radius 3 is 3.00 bits per heavy atom. The molecule has 12 heavy (non-hydrogen) atoms. The van der Waals surface area contributed by atoms with Crippen LogP contribution in [0.1, 0.15) is 25.5 Å². The van der Waals surface area contributed by atoms with E-state index in [0.29, 0.717) is 0 Å². The molecule has 62 valence electrons. The molecular weight excluding hydrogens is 146 g/mol. The lowest BCUT2D eigenvalue weighted by Gasteiger charge is -2.05. The molecule has 2 rings (SSSR count). The van der Waals surface area contributed by atoms with Crippen molar-refractivity contribution in [2.45, 2.75) is 26.7 Å². The number of hydrogen-bond donors (Lipinski definition) is 0. The Kier molecular flexibility index (Phi) is 1.72. The number of rotatable bonds is 0. The lowest BCUT2D eigenvalue weighted by molar-refractivity contribution is 1.04. The van der Waals surface area contributed by atoms with E-state index in [0.717, 1.165) is 5.69 Å². The molecule has 1 aliphatic rings. The van der Waals surface area contributed by atoms with Crippen molar-refractivity contribution >= 4 is 11.6 Å². The molecule has 1 aromatic rings. The van der Waals surface area contributed by atoms with Crippen molar-refractivity contribution in [3.8, 4) is 0 Å². The first-order chi connectivity index (χ1) is 5.77. The summed E-state index contributed by atoms with van der Waals surface area (Å²) in [5.41, 5.74) is 2.58. The van der Waals surface area contributed by atoms with Gasteiger partial charge in [0.25, 0.3) is 0 Å². The normalized spacial score (nSPS) is 15.3. The summed E-state index contributed by atoms with van der Waals surface area (Å²) in [6, 6.07) is 2.16. The van der Waals surface area contributed by atoms with E-state index < -0.39 is 0 Å². The Morgan fingerprint density at radius 2 is 2.17 bits per heavy atom. The number of aryl methyl sites for hydroxylation is 1. The number of nitrogens with zero attached hydrogens (tertiary/aromatic N) is 1. The molecule has 0 aromatic carbocycles. The molecule has 0 atom stereocenters. The summed E-state index contributed by atoms with van der Waals surface area (Å²) in [4.78, 5) is 4.30. The minimum atomic E-state index is 1.11. The zero-order valence-corrected chi connectivity index (χ0v) is 7.59. The second kappa shape index (κ2) is 2.74. The molecule has 0 spiro atoms. The predicted octanol–water partition coefficient (Wildman–Crippen LogP) is 1.13. The lowest BCUT2D eigenvalue weighted by Crippen LogP contribution is -2.29. The first kappa shape index (κ1) is 7.53. The maximum Gasteiger partial charge on any atom is 0.0378 e. The van der Waals surface area contributed by atoms with Gasteiger partial charge in [0, 0.05) is 11.9 Å². The van der Waals surface area contributed by atoms with Gasteiger partial charge in [-0.2, -0.15) is 0 Å². The zero-order valence-electron chi connectivity index (χ0n) is 7.59. The van der Waals surface area contributed by atoms with E-state index >= 15 is 0 Å². The third kappa shape index (κ3) is 1.15. The first-order valence-electron chi connectivity index (χ1n) is 4.40. The van der Waals surface area contributed by atoms with Crippen molar-refractivity contribution in [2.75, 3.05) is 0 Å². The summed E-state index contributed by atoms with van der Waals surface area (Å²) in [5.74, 6) is 0. The molecule has 0 saturated heterocycles. The van der Waals surface area contributed by atoms with Crippen molar-refractivity contribution in [1.29, 1.82) is 0 Å². The van der Waals surface area contributed by atoms with Crippen LogP contribution >= 0.6 is 0 Å². The quantitative estimate of drug-likeness (QED) is 0.553. The average Bonchev–Trinajstić information content (AvgIpc) is 2.04. The van der Waals surface area contributed by atoms with Gasteiger partial charge in [0.15, 0.2) is 0 Å². The van der Waals surface area contributed by atoms with E-state index in [1.165, 1.54) is 28.9 Å². The molecule has 0 aliphatic heterocycles. The summed E-state index contributed by atoms with van der Waals surface area (Å²) in [6.45, 7) is 4.24. The van der Waals surface area contributed by atoms with Gasteiger partial charge in [-0.1, -0.05) is 11.6 Å². The molecule has 1 heterocycles. The molecule has 0 radical (unpaired) electrons. The maximum atomic E-state index is 4.30. The van der Waals surface area contributed by atoms with E-state index in [9.17, 15) is 0 Å². The molecule has 1 aromatic heterocycles. The predicted molar refractivity (Wildman–Crippen MR) is 51.0 cm³/mol. The van der Waals surface area contributed by atoms with Crippen LogP contribution in [-0.4, -0.2) is 4.98 Å². The number of fused-ring (bicyclic) bond motifs is 1. The minimum Gasteiger partial charge on any atom is -0.261 e. The van der Waals surface area contributed by atoms with E-state index in [1.54, 1.807) is 0 Å². The molecule has 0 N–H and O–H groups in total.